The average Bonchev–Trinajstić information content (AvgIpc) is 2.90. The van der Waals surface area contributed by atoms with Crippen molar-refractivity contribution in [2.45, 2.75) is 19.1 Å². The molecule has 0 spiro atoms. The second kappa shape index (κ2) is 5.55. The number of benzene rings is 2. The van der Waals surface area contributed by atoms with E-state index >= 15 is 0 Å². The van der Waals surface area contributed by atoms with Crippen LogP contribution in [0.2, 0.25) is 5.02 Å². The molecule has 0 aliphatic carbocycles. The van der Waals surface area contributed by atoms with Gasteiger partial charge in [-0.15, -0.1) is 0 Å². The monoisotopic (exact) mass is 287 g/mol. The minimum atomic E-state index is -0.449. The summed E-state index contributed by atoms with van der Waals surface area (Å²) < 4.78 is 5.64. The first-order valence-corrected chi connectivity index (χ1v) is 6.87. The summed E-state index contributed by atoms with van der Waals surface area (Å²) in [7, 11) is 0. The average molecular weight is 288 g/mol. The Morgan fingerprint density at radius 2 is 1.95 bits per heavy atom. The van der Waals surface area contributed by atoms with Gasteiger partial charge in [-0.1, -0.05) is 48.0 Å². The predicted octanol–water partition coefficient (Wildman–Crippen LogP) is 2.96. The van der Waals surface area contributed by atoms with E-state index in [9.17, 15) is 4.79 Å². The number of nitrogens with one attached hydrogen (secondary N) is 1. The van der Waals surface area contributed by atoms with Crippen LogP contribution in [-0.2, 0) is 17.8 Å². The van der Waals surface area contributed by atoms with E-state index in [-0.39, 0.29) is 5.91 Å². The number of amides is 1. The number of fused-ring (bicyclic) bond motifs is 1. The van der Waals surface area contributed by atoms with E-state index in [2.05, 4.69) is 5.32 Å². The highest BCUT2D eigenvalue weighted by atomic mass is 35.5. The molecule has 20 heavy (non-hydrogen) atoms. The van der Waals surface area contributed by atoms with Crippen molar-refractivity contribution in [2.75, 3.05) is 0 Å². The van der Waals surface area contributed by atoms with Crippen LogP contribution in [0.1, 0.15) is 11.1 Å². The zero-order valence-corrected chi connectivity index (χ0v) is 11.6. The third kappa shape index (κ3) is 2.63. The molecule has 3 nitrogen and oxygen atoms in total. The summed E-state index contributed by atoms with van der Waals surface area (Å²) in [5.74, 6) is 0.687. The van der Waals surface area contributed by atoms with Crippen LogP contribution in [0.4, 0.5) is 0 Å². The molecule has 0 unspecified atom stereocenters. The highest BCUT2D eigenvalue weighted by Crippen LogP contribution is 2.28. The minimum absolute atomic E-state index is 0.110. The number of carbonyl (C=O) groups excluding carboxylic acids is 1. The van der Waals surface area contributed by atoms with E-state index in [1.54, 1.807) is 0 Å². The summed E-state index contributed by atoms with van der Waals surface area (Å²) >= 11 is 6.06. The lowest BCUT2D eigenvalue weighted by atomic mass is 10.1. The SMILES string of the molecule is O=C(NCc1ccccc1Cl)[C@@H]1Cc2ccccc2O1. The molecular formula is C16H14ClNO2. The van der Waals surface area contributed by atoms with Gasteiger partial charge in [0.2, 0.25) is 0 Å². The summed E-state index contributed by atoms with van der Waals surface area (Å²) in [4.78, 5) is 12.1. The fraction of sp³-hybridized carbons (Fsp3) is 0.188. The highest BCUT2D eigenvalue weighted by molar-refractivity contribution is 6.31. The summed E-state index contributed by atoms with van der Waals surface area (Å²) in [6.45, 7) is 0.411. The van der Waals surface area contributed by atoms with E-state index in [0.717, 1.165) is 16.9 Å². The Morgan fingerprint density at radius 3 is 2.75 bits per heavy atom. The van der Waals surface area contributed by atoms with E-state index in [1.807, 2.05) is 48.5 Å². The normalized spacial score (nSPS) is 16.4. The van der Waals surface area contributed by atoms with Crippen LogP contribution in [0, 0.1) is 0 Å². The zero-order valence-electron chi connectivity index (χ0n) is 10.8. The van der Waals surface area contributed by atoms with Crippen molar-refractivity contribution in [1.82, 2.24) is 5.32 Å². The molecule has 0 bridgehead atoms. The molecule has 1 atom stereocenters. The van der Waals surface area contributed by atoms with Crippen molar-refractivity contribution >= 4 is 17.5 Å². The van der Waals surface area contributed by atoms with Gasteiger partial charge in [0.15, 0.2) is 6.10 Å². The first kappa shape index (κ1) is 13.0. The van der Waals surface area contributed by atoms with Crippen LogP contribution in [0.3, 0.4) is 0 Å². The summed E-state index contributed by atoms with van der Waals surface area (Å²) in [5, 5.41) is 3.52. The van der Waals surface area contributed by atoms with Crippen LogP contribution < -0.4 is 10.1 Å². The third-order valence-corrected chi connectivity index (χ3v) is 3.72. The van der Waals surface area contributed by atoms with Gasteiger partial charge in [-0.25, -0.2) is 0 Å². The van der Waals surface area contributed by atoms with Gasteiger partial charge in [0.25, 0.3) is 5.91 Å². The van der Waals surface area contributed by atoms with Gasteiger partial charge in [0.1, 0.15) is 5.75 Å². The largest absolute Gasteiger partial charge is 0.480 e. The summed E-state index contributed by atoms with van der Waals surface area (Å²) in [6.07, 6.45) is 0.166. The molecule has 2 aromatic carbocycles. The summed E-state index contributed by atoms with van der Waals surface area (Å²) in [6, 6.07) is 15.2. The number of carbonyl (C=O) groups is 1. The van der Waals surface area contributed by atoms with Crippen molar-refractivity contribution in [1.29, 1.82) is 0 Å². The molecule has 1 amide bonds. The summed E-state index contributed by atoms with van der Waals surface area (Å²) in [5.41, 5.74) is 1.98. The smallest absolute Gasteiger partial charge is 0.261 e. The van der Waals surface area contributed by atoms with Gasteiger partial charge in [0.05, 0.1) is 0 Å². The van der Waals surface area contributed by atoms with Gasteiger partial charge < -0.3 is 10.1 Å². The lowest BCUT2D eigenvalue weighted by molar-refractivity contribution is -0.127. The molecule has 4 heteroatoms. The maximum Gasteiger partial charge on any atom is 0.261 e. The molecular weight excluding hydrogens is 274 g/mol. The fourth-order valence-electron chi connectivity index (χ4n) is 2.27. The lowest BCUT2D eigenvalue weighted by Crippen LogP contribution is -2.37. The van der Waals surface area contributed by atoms with Crippen LogP contribution >= 0.6 is 11.6 Å². The van der Waals surface area contributed by atoms with Crippen LogP contribution in [0.5, 0.6) is 5.75 Å². The van der Waals surface area contributed by atoms with Crippen molar-refractivity contribution in [2.24, 2.45) is 0 Å². The second-order valence-electron chi connectivity index (χ2n) is 4.73. The number of rotatable bonds is 3. The second-order valence-corrected chi connectivity index (χ2v) is 5.13. The molecule has 0 radical (unpaired) electrons. The first-order valence-electron chi connectivity index (χ1n) is 6.50. The Bertz CT molecular complexity index is 617. The van der Waals surface area contributed by atoms with E-state index in [1.165, 1.54) is 0 Å². The molecule has 1 heterocycles. The topological polar surface area (TPSA) is 38.3 Å². The Morgan fingerprint density at radius 1 is 1.20 bits per heavy atom. The van der Waals surface area contributed by atoms with Crippen molar-refractivity contribution < 1.29 is 9.53 Å². The number of hydrogen-bond acceptors (Lipinski definition) is 2. The van der Waals surface area contributed by atoms with Crippen molar-refractivity contribution in [3.05, 3.63) is 64.7 Å². The maximum absolute atomic E-state index is 12.1. The van der Waals surface area contributed by atoms with E-state index in [4.69, 9.17) is 16.3 Å². The van der Waals surface area contributed by atoms with Crippen LogP contribution in [-0.4, -0.2) is 12.0 Å². The van der Waals surface area contributed by atoms with Gasteiger partial charge in [-0.05, 0) is 23.3 Å². The number of ether oxygens (including phenoxy) is 1. The quantitative estimate of drug-likeness (QED) is 0.942. The maximum atomic E-state index is 12.1. The van der Waals surface area contributed by atoms with Crippen LogP contribution in [0.25, 0.3) is 0 Å². The van der Waals surface area contributed by atoms with Gasteiger partial charge in [-0.2, -0.15) is 0 Å². The Hall–Kier alpha value is -2.00. The van der Waals surface area contributed by atoms with Gasteiger partial charge in [-0.3, -0.25) is 4.79 Å². The molecule has 102 valence electrons. The molecule has 0 saturated carbocycles. The van der Waals surface area contributed by atoms with Gasteiger partial charge >= 0.3 is 0 Å². The molecule has 1 aliphatic heterocycles. The zero-order chi connectivity index (χ0) is 13.9. The third-order valence-electron chi connectivity index (χ3n) is 3.35. The Labute approximate surface area is 122 Å². The van der Waals surface area contributed by atoms with Crippen LogP contribution in [0.15, 0.2) is 48.5 Å². The Balaban J connectivity index is 1.61. The molecule has 1 aliphatic rings. The number of halogens is 1. The molecule has 3 rings (SSSR count). The number of para-hydroxylation sites is 1. The number of hydrogen-bond donors (Lipinski definition) is 1. The standard InChI is InChI=1S/C16H14ClNO2/c17-13-7-3-1-6-12(13)10-18-16(19)15-9-11-5-2-4-8-14(11)20-15/h1-8,15H,9-10H2,(H,18,19)/t15-/m0/s1. The first-order chi connectivity index (χ1) is 9.74. The van der Waals surface area contributed by atoms with Crippen molar-refractivity contribution in [3.8, 4) is 5.75 Å². The molecule has 1 N–H and O–H groups in total. The minimum Gasteiger partial charge on any atom is -0.480 e. The Kier molecular flexibility index (Phi) is 3.61. The lowest BCUT2D eigenvalue weighted by Gasteiger charge is -2.12. The van der Waals surface area contributed by atoms with Gasteiger partial charge in [0, 0.05) is 18.0 Å². The van der Waals surface area contributed by atoms with Crippen molar-refractivity contribution in [3.63, 3.8) is 0 Å². The highest BCUT2D eigenvalue weighted by Gasteiger charge is 2.28. The fourth-order valence-corrected chi connectivity index (χ4v) is 2.47. The molecule has 0 saturated heterocycles. The van der Waals surface area contributed by atoms with E-state index in [0.29, 0.717) is 18.0 Å². The molecule has 2 aromatic rings. The van der Waals surface area contributed by atoms with E-state index < -0.39 is 6.10 Å². The molecule has 0 aromatic heterocycles. The molecule has 0 fully saturated rings. The predicted molar refractivity (Wildman–Crippen MR) is 77.9 cm³/mol.